The quantitative estimate of drug-likeness (QED) is 0.460. The number of carbonyl (C=O) groups is 1. The molecule has 2 heterocycles. The Labute approximate surface area is 179 Å². The highest BCUT2D eigenvalue weighted by Crippen LogP contribution is 2.42. The van der Waals surface area contributed by atoms with E-state index in [1.165, 1.54) is 11.8 Å². The molecule has 0 bridgehead atoms. The summed E-state index contributed by atoms with van der Waals surface area (Å²) in [5.74, 6) is 0.964. The molecule has 1 N–H and O–H groups in total. The third-order valence-electron chi connectivity index (χ3n) is 5.07. The molecule has 1 aromatic carbocycles. The van der Waals surface area contributed by atoms with Gasteiger partial charge in [0.05, 0.1) is 16.2 Å². The predicted molar refractivity (Wildman–Crippen MR) is 119 cm³/mol. The fourth-order valence-corrected chi connectivity index (χ4v) is 5.02. The number of amides is 1. The van der Waals surface area contributed by atoms with Crippen molar-refractivity contribution in [1.29, 1.82) is 0 Å². The van der Waals surface area contributed by atoms with Gasteiger partial charge in [-0.3, -0.25) is 9.36 Å². The van der Waals surface area contributed by atoms with Gasteiger partial charge in [0, 0.05) is 6.04 Å². The van der Waals surface area contributed by atoms with Gasteiger partial charge < -0.3 is 5.32 Å². The Kier molecular flexibility index (Phi) is 6.35. The van der Waals surface area contributed by atoms with Crippen molar-refractivity contribution >= 4 is 29.0 Å². The van der Waals surface area contributed by atoms with E-state index in [0.717, 1.165) is 47.1 Å². The van der Waals surface area contributed by atoms with E-state index in [-0.39, 0.29) is 17.2 Å². The van der Waals surface area contributed by atoms with Crippen LogP contribution < -0.4 is 5.32 Å². The van der Waals surface area contributed by atoms with Gasteiger partial charge in [-0.1, -0.05) is 61.5 Å². The molecule has 3 aromatic rings. The lowest BCUT2D eigenvalue weighted by atomic mass is 10.0. The van der Waals surface area contributed by atoms with Gasteiger partial charge in [0.15, 0.2) is 11.0 Å². The number of aromatic nitrogens is 3. The minimum absolute atomic E-state index is 0.0414. The molecule has 0 saturated heterocycles. The lowest BCUT2D eigenvalue weighted by molar-refractivity contribution is -0.121. The molecule has 2 aromatic heterocycles. The van der Waals surface area contributed by atoms with Crippen molar-refractivity contribution in [2.75, 3.05) is 0 Å². The van der Waals surface area contributed by atoms with Gasteiger partial charge in [0.2, 0.25) is 5.91 Å². The molecule has 152 valence electrons. The number of nitrogens with one attached hydrogen (secondary N) is 1. The first kappa shape index (κ1) is 20.2. The Bertz CT molecular complexity index is 935. The van der Waals surface area contributed by atoms with E-state index in [4.69, 9.17) is 0 Å². The van der Waals surface area contributed by atoms with Gasteiger partial charge in [-0.2, -0.15) is 0 Å². The van der Waals surface area contributed by atoms with Gasteiger partial charge in [-0.25, -0.2) is 0 Å². The van der Waals surface area contributed by atoms with E-state index in [9.17, 15) is 4.79 Å². The lowest BCUT2D eigenvalue weighted by Gasteiger charge is -2.21. The summed E-state index contributed by atoms with van der Waals surface area (Å²) >= 11 is 3.18. The van der Waals surface area contributed by atoms with E-state index in [0.29, 0.717) is 6.04 Å². The number of hydrogen-bond acceptors (Lipinski definition) is 5. The Balaban J connectivity index is 1.47. The molecule has 1 saturated carbocycles. The number of nitrogens with zero attached hydrogens (tertiary/aromatic N) is 3. The van der Waals surface area contributed by atoms with Crippen LogP contribution in [0.1, 0.15) is 57.2 Å². The number of benzene rings is 1. The van der Waals surface area contributed by atoms with Crippen LogP contribution in [0.15, 0.2) is 53.0 Å². The molecule has 5 nitrogen and oxygen atoms in total. The molecule has 1 amide bonds. The molecule has 0 unspecified atom stereocenters. The number of hydrogen-bond donors (Lipinski definition) is 1. The van der Waals surface area contributed by atoms with Crippen molar-refractivity contribution in [1.82, 2.24) is 20.1 Å². The smallest absolute Gasteiger partial charge is 0.233 e. The zero-order valence-electron chi connectivity index (χ0n) is 16.7. The van der Waals surface area contributed by atoms with Crippen molar-refractivity contribution in [2.24, 2.45) is 0 Å². The summed E-state index contributed by atoms with van der Waals surface area (Å²) in [5, 5.41) is 14.8. The molecule has 0 radical (unpaired) electrons. The molecule has 7 heteroatoms. The molecule has 29 heavy (non-hydrogen) atoms. The summed E-state index contributed by atoms with van der Waals surface area (Å²) < 4.78 is 2.22. The van der Waals surface area contributed by atoms with Crippen molar-refractivity contribution in [3.8, 4) is 10.7 Å². The van der Waals surface area contributed by atoms with Crippen LogP contribution in [-0.4, -0.2) is 25.9 Å². The zero-order chi connectivity index (χ0) is 20.2. The monoisotopic (exact) mass is 426 g/mol. The second-order valence-corrected chi connectivity index (χ2v) is 9.66. The van der Waals surface area contributed by atoms with E-state index < -0.39 is 0 Å². The molecular weight excluding hydrogens is 400 g/mol. The van der Waals surface area contributed by atoms with Crippen molar-refractivity contribution in [3.63, 3.8) is 0 Å². The lowest BCUT2D eigenvalue weighted by Crippen LogP contribution is -2.34. The van der Waals surface area contributed by atoms with Gasteiger partial charge in [0.25, 0.3) is 0 Å². The highest BCUT2D eigenvalue weighted by Gasteiger charge is 2.32. The third kappa shape index (κ3) is 4.73. The van der Waals surface area contributed by atoms with Crippen molar-refractivity contribution < 1.29 is 4.79 Å². The Morgan fingerprint density at radius 1 is 1.24 bits per heavy atom. The number of rotatable bonds is 9. The fourth-order valence-electron chi connectivity index (χ4n) is 3.39. The highest BCUT2D eigenvalue weighted by atomic mass is 32.2. The van der Waals surface area contributed by atoms with Crippen LogP contribution in [0.25, 0.3) is 10.7 Å². The van der Waals surface area contributed by atoms with Crippen LogP contribution in [0.3, 0.4) is 0 Å². The molecule has 4 rings (SSSR count). The molecule has 0 aliphatic heterocycles. The van der Waals surface area contributed by atoms with Crippen LogP contribution in [0.2, 0.25) is 0 Å². The Morgan fingerprint density at radius 3 is 2.69 bits per heavy atom. The van der Waals surface area contributed by atoms with Crippen LogP contribution >= 0.6 is 23.1 Å². The van der Waals surface area contributed by atoms with E-state index in [1.54, 1.807) is 11.3 Å². The third-order valence-corrected chi connectivity index (χ3v) is 6.99. The summed E-state index contributed by atoms with van der Waals surface area (Å²) in [6.07, 6.45) is 4.24. The van der Waals surface area contributed by atoms with Gasteiger partial charge >= 0.3 is 0 Å². The second-order valence-electron chi connectivity index (χ2n) is 7.41. The normalized spacial score (nSPS) is 15.8. The zero-order valence-corrected chi connectivity index (χ0v) is 18.4. The summed E-state index contributed by atoms with van der Waals surface area (Å²) in [7, 11) is 0. The summed E-state index contributed by atoms with van der Waals surface area (Å²) in [6.45, 7) is 4.09. The maximum atomic E-state index is 13.0. The van der Waals surface area contributed by atoms with Gasteiger partial charge in [-0.15, -0.1) is 21.5 Å². The fraction of sp³-hybridized carbons (Fsp3) is 0.409. The summed E-state index contributed by atoms with van der Waals surface area (Å²) in [4.78, 5) is 14.1. The number of thiophene rings is 1. The molecule has 1 aliphatic carbocycles. The maximum Gasteiger partial charge on any atom is 0.233 e. The van der Waals surface area contributed by atoms with Crippen molar-refractivity contribution in [2.45, 2.75) is 62.0 Å². The molecule has 0 spiro atoms. The average molecular weight is 427 g/mol. The van der Waals surface area contributed by atoms with Crippen molar-refractivity contribution in [3.05, 3.63) is 53.4 Å². The SMILES string of the molecule is CCC[C@H](NC(=O)[C@H](C)Sc1nnc(-c2cccs2)n1C1CC1)c1ccccc1. The summed E-state index contributed by atoms with van der Waals surface area (Å²) in [6, 6.07) is 14.8. The molecular formula is C22H26N4OS2. The minimum atomic E-state index is -0.240. The molecule has 1 aliphatic rings. The topological polar surface area (TPSA) is 59.8 Å². The standard InChI is InChI=1S/C22H26N4OS2/c1-3-8-18(16-9-5-4-6-10-16)23-21(27)15(2)29-22-25-24-20(19-11-7-14-28-19)26(22)17-12-13-17/h4-7,9-11,14-15,17-18H,3,8,12-13H2,1-2H3,(H,23,27)/t15-,18-/m0/s1. The Hall–Kier alpha value is -2.12. The largest absolute Gasteiger partial charge is 0.348 e. The molecule has 1 fully saturated rings. The predicted octanol–water partition coefficient (Wildman–Crippen LogP) is 5.48. The first-order valence-corrected chi connectivity index (χ1v) is 11.9. The average Bonchev–Trinajstić information content (AvgIpc) is 3.25. The maximum absolute atomic E-state index is 13.0. The summed E-state index contributed by atoms with van der Waals surface area (Å²) in [5.41, 5.74) is 1.15. The van der Waals surface area contributed by atoms with Crippen LogP contribution in [0, 0.1) is 0 Å². The van der Waals surface area contributed by atoms with E-state index >= 15 is 0 Å². The van der Waals surface area contributed by atoms with Gasteiger partial charge in [-0.05, 0) is 43.2 Å². The van der Waals surface area contributed by atoms with Crippen LogP contribution in [0.5, 0.6) is 0 Å². The second kappa shape index (κ2) is 9.13. The highest BCUT2D eigenvalue weighted by molar-refractivity contribution is 8.00. The van der Waals surface area contributed by atoms with E-state index in [1.807, 2.05) is 31.2 Å². The van der Waals surface area contributed by atoms with Crippen LogP contribution in [-0.2, 0) is 4.79 Å². The number of thioether (sulfide) groups is 1. The first-order valence-electron chi connectivity index (χ1n) is 10.2. The minimum Gasteiger partial charge on any atom is -0.348 e. The molecule has 2 atom stereocenters. The van der Waals surface area contributed by atoms with E-state index in [2.05, 4.69) is 50.6 Å². The Morgan fingerprint density at radius 2 is 2.03 bits per heavy atom. The number of carbonyl (C=O) groups excluding carboxylic acids is 1. The van der Waals surface area contributed by atoms with Crippen LogP contribution in [0.4, 0.5) is 0 Å². The first-order chi connectivity index (χ1) is 14.2. The van der Waals surface area contributed by atoms with Gasteiger partial charge in [0.1, 0.15) is 0 Å².